The number of nitriles is 1. The van der Waals surface area contributed by atoms with Gasteiger partial charge in [-0.3, -0.25) is 14.2 Å². The summed E-state index contributed by atoms with van der Waals surface area (Å²) in [5.41, 5.74) is 1.34. The quantitative estimate of drug-likeness (QED) is 0.365. The molecule has 0 bridgehead atoms. The summed E-state index contributed by atoms with van der Waals surface area (Å²) >= 11 is 7.14. The van der Waals surface area contributed by atoms with Crippen LogP contribution in [0, 0.1) is 11.3 Å². The number of thioether (sulfide) groups is 1. The third-order valence-corrected chi connectivity index (χ3v) is 5.20. The molecule has 0 radical (unpaired) electrons. The lowest BCUT2D eigenvalue weighted by atomic mass is 10.2. The van der Waals surface area contributed by atoms with Gasteiger partial charge in [0.2, 0.25) is 5.91 Å². The predicted octanol–water partition coefficient (Wildman–Crippen LogP) is 3.22. The standard InChI is InChI=1S/C20H17ClN4O2S/c21-15-8-6-14(7-9-15)12-25-19(27)16-4-1-2-5-17(16)24-20(25)28-13-18(26)23-11-3-10-22/h1-2,4-9H,3,11-13H2,(H,23,26). The van der Waals surface area contributed by atoms with Crippen LogP contribution < -0.4 is 10.9 Å². The molecule has 0 aliphatic carbocycles. The number of nitrogens with one attached hydrogen (secondary N) is 1. The topological polar surface area (TPSA) is 87.8 Å². The number of benzene rings is 2. The number of amides is 1. The van der Waals surface area contributed by atoms with Gasteiger partial charge in [-0.15, -0.1) is 0 Å². The van der Waals surface area contributed by atoms with Crippen LogP contribution >= 0.6 is 23.4 Å². The zero-order chi connectivity index (χ0) is 19.9. The first-order valence-corrected chi connectivity index (χ1v) is 9.95. The molecule has 3 aromatic rings. The Morgan fingerprint density at radius 3 is 2.71 bits per heavy atom. The van der Waals surface area contributed by atoms with E-state index >= 15 is 0 Å². The number of halogens is 1. The maximum absolute atomic E-state index is 13.0. The van der Waals surface area contributed by atoms with Crippen molar-refractivity contribution in [1.82, 2.24) is 14.9 Å². The number of nitrogens with zero attached hydrogens (tertiary/aromatic N) is 3. The van der Waals surface area contributed by atoms with Gasteiger partial charge in [0.1, 0.15) is 0 Å². The summed E-state index contributed by atoms with van der Waals surface area (Å²) in [7, 11) is 0. The minimum Gasteiger partial charge on any atom is -0.354 e. The van der Waals surface area contributed by atoms with Gasteiger partial charge in [-0.25, -0.2) is 4.98 Å². The lowest BCUT2D eigenvalue weighted by Crippen LogP contribution is -2.27. The van der Waals surface area contributed by atoms with Crippen LogP contribution in [-0.2, 0) is 11.3 Å². The number of carbonyl (C=O) groups is 1. The van der Waals surface area contributed by atoms with E-state index in [2.05, 4.69) is 10.3 Å². The number of aromatic nitrogens is 2. The second-order valence-corrected chi connectivity index (χ2v) is 7.35. The van der Waals surface area contributed by atoms with Gasteiger partial charge in [0.05, 0.1) is 35.7 Å². The fraction of sp³-hybridized carbons (Fsp3) is 0.200. The Labute approximate surface area is 171 Å². The summed E-state index contributed by atoms with van der Waals surface area (Å²) in [6, 6.07) is 16.4. The van der Waals surface area contributed by atoms with Crippen molar-refractivity contribution in [2.75, 3.05) is 12.3 Å². The van der Waals surface area contributed by atoms with Crippen molar-refractivity contribution in [1.29, 1.82) is 5.26 Å². The van der Waals surface area contributed by atoms with Crippen LogP contribution in [0.15, 0.2) is 58.5 Å². The summed E-state index contributed by atoms with van der Waals surface area (Å²) in [5, 5.41) is 12.8. The van der Waals surface area contributed by atoms with E-state index in [1.54, 1.807) is 34.9 Å². The normalized spacial score (nSPS) is 10.6. The molecule has 0 fully saturated rings. The SMILES string of the molecule is N#CCCNC(=O)CSc1nc2ccccc2c(=O)n1Cc1ccc(Cl)cc1. The monoisotopic (exact) mass is 412 g/mol. The van der Waals surface area contributed by atoms with Crippen LogP contribution in [0.5, 0.6) is 0 Å². The molecule has 142 valence electrons. The van der Waals surface area contributed by atoms with Gasteiger partial charge >= 0.3 is 0 Å². The van der Waals surface area contributed by atoms with E-state index in [0.29, 0.717) is 34.2 Å². The second kappa shape index (κ2) is 9.40. The Morgan fingerprint density at radius 1 is 1.21 bits per heavy atom. The minimum absolute atomic E-state index is 0.108. The average Bonchev–Trinajstić information content (AvgIpc) is 2.70. The fourth-order valence-electron chi connectivity index (χ4n) is 2.61. The molecule has 1 amide bonds. The zero-order valence-electron chi connectivity index (χ0n) is 14.9. The fourth-order valence-corrected chi connectivity index (χ4v) is 3.56. The van der Waals surface area contributed by atoms with Crippen LogP contribution in [0.3, 0.4) is 0 Å². The van der Waals surface area contributed by atoms with E-state index in [4.69, 9.17) is 16.9 Å². The number of fused-ring (bicyclic) bond motifs is 1. The molecule has 28 heavy (non-hydrogen) atoms. The molecule has 0 aliphatic heterocycles. The van der Waals surface area contributed by atoms with E-state index in [-0.39, 0.29) is 23.6 Å². The third kappa shape index (κ3) is 4.91. The highest BCUT2D eigenvalue weighted by Crippen LogP contribution is 2.19. The van der Waals surface area contributed by atoms with Crippen molar-refractivity contribution in [2.24, 2.45) is 0 Å². The number of carbonyl (C=O) groups excluding carboxylic acids is 1. The maximum atomic E-state index is 13.0. The highest BCUT2D eigenvalue weighted by Gasteiger charge is 2.13. The average molecular weight is 413 g/mol. The summed E-state index contributed by atoms with van der Waals surface area (Å²) in [4.78, 5) is 29.6. The molecule has 3 rings (SSSR count). The van der Waals surface area contributed by atoms with E-state index < -0.39 is 0 Å². The lowest BCUT2D eigenvalue weighted by Gasteiger charge is -2.13. The highest BCUT2D eigenvalue weighted by atomic mass is 35.5. The predicted molar refractivity (Wildman–Crippen MR) is 111 cm³/mol. The van der Waals surface area contributed by atoms with Crippen molar-refractivity contribution < 1.29 is 4.79 Å². The van der Waals surface area contributed by atoms with E-state index in [9.17, 15) is 9.59 Å². The first-order chi connectivity index (χ1) is 13.6. The molecule has 0 saturated heterocycles. The Hall–Kier alpha value is -2.82. The number of hydrogen-bond acceptors (Lipinski definition) is 5. The molecular weight excluding hydrogens is 396 g/mol. The molecule has 1 aromatic heterocycles. The Kier molecular flexibility index (Phi) is 6.69. The third-order valence-electron chi connectivity index (χ3n) is 3.97. The molecule has 0 atom stereocenters. The molecular formula is C20H17ClN4O2S. The van der Waals surface area contributed by atoms with E-state index in [0.717, 1.165) is 5.56 Å². The van der Waals surface area contributed by atoms with Crippen molar-refractivity contribution in [2.45, 2.75) is 18.1 Å². The second-order valence-electron chi connectivity index (χ2n) is 5.98. The van der Waals surface area contributed by atoms with Crippen LogP contribution in [-0.4, -0.2) is 27.8 Å². The van der Waals surface area contributed by atoms with Gasteiger partial charge in [-0.1, -0.05) is 47.6 Å². The largest absolute Gasteiger partial charge is 0.354 e. The minimum atomic E-state index is -0.208. The van der Waals surface area contributed by atoms with Crippen LogP contribution in [0.1, 0.15) is 12.0 Å². The smallest absolute Gasteiger partial charge is 0.262 e. The van der Waals surface area contributed by atoms with Crippen molar-refractivity contribution in [3.05, 3.63) is 69.5 Å². The Bertz CT molecular complexity index is 1090. The molecule has 0 saturated carbocycles. The van der Waals surface area contributed by atoms with Gasteiger partial charge in [0.25, 0.3) is 5.56 Å². The number of para-hydroxylation sites is 1. The Balaban J connectivity index is 1.90. The molecule has 1 heterocycles. The molecule has 2 aromatic carbocycles. The van der Waals surface area contributed by atoms with Crippen LogP contribution in [0.25, 0.3) is 10.9 Å². The van der Waals surface area contributed by atoms with Gasteiger partial charge in [-0.05, 0) is 29.8 Å². The molecule has 8 heteroatoms. The molecule has 0 unspecified atom stereocenters. The van der Waals surface area contributed by atoms with Crippen molar-refractivity contribution >= 4 is 40.2 Å². The molecule has 0 aliphatic rings. The van der Waals surface area contributed by atoms with Gasteiger partial charge in [0.15, 0.2) is 5.16 Å². The zero-order valence-corrected chi connectivity index (χ0v) is 16.5. The van der Waals surface area contributed by atoms with Gasteiger partial charge in [-0.2, -0.15) is 5.26 Å². The number of rotatable bonds is 7. The lowest BCUT2D eigenvalue weighted by molar-refractivity contribution is -0.118. The summed E-state index contributed by atoms with van der Waals surface area (Å²) in [6.07, 6.45) is 0.256. The summed E-state index contributed by atoms with van der Waals surface area (Å²) < 4.78 is 1.57. The van der Waals surface area contributed by atoms with Crippen LogP contribution in [0.2, 0.25) is 5.02 Å². The first kappa shape index (κ1) is 19.9. The van der Waals surface area contributed by atoms with Crippen molar-refractivity contribution in [3.8, 4) is 6.07 Å². The highest BCUT2D eigenvalue weighted by molar-refractivity contribution is 7.99. The Morgan fingerprint density at radius 2 is 1.96 bits per heavy atom. The van der Waals surface area contributed by atoms with Crippen molar-refractivity contribution in [3.63, 3.8) is 0 Å². The van der Waals surface area contributed by atoms with Gasteiger partial charge in [0, 0.05) is 11.6 Å². The van der Waals surface area contributed by atoms with Crippen LogP contribution in [0.4, 0.5) is 0 Å². The molecule has 1 N–H and O–H groups in total. The van der Waals surface area contributed by atoms with E-state index in [1.807, 2.05) is 24.3 Å². The van der Waals surface area contributed by atoms with E-state index in [1.165, 1.54) is 11.8 Å². The molecule has 0 spiro atoms. The van der Waals surface area contributed by atoms with Gasteiger partial charge < -0.3 is 5.32 Å². The summed E-state index contributed by atoms with van der Waals surface area (Å²) in [5.74, 6) is -0.0997. The summed E-state index contributed by atoms with van der Waals surface area (Å²) in [6.45, 7) is 0.630. The first-order valence-electron chi connectivity index (χ1n) is 8.59. The number of hydrogen-bond donors (Lipinski definition) is 1. The maximum Gasteiger partial charge on any atom is 0.262 e. The molecule has 6 nitrogen and oxygen atoms in total.